The van der Waals surface area contributed by atoms with E-state index in [2.05, 4.69) is 20.3 Å². The number of aromatic nitrogens is 3. The number of alkyl halides is 2. The Hall–Kier alpha value is -3.89. The molecule has 5 heterocycles. The van der Waals surface area contributed by atoms with Gasteiger partial charge < -0.3 is 19.5 Å². The van der Waals surface area contributed by atoms with E-state index in [0.29, 0.717) is 29.3 Å². The van der Waals surface area contributed by atoms with E-state index in [9.17, 15) is 18.4 Å². The van der Waals surface area contributed by atoms with Gasteiger partial charge in [0.05, 0.1) is 12.7 Å². The van der Waals surface area contributed by atoms with Gasteiger partial charge in [0.25, 0.3) is 17.7 Å². The number of anilines is 2. The number of hydrogen-bond acceptors (Lipinski definition) is 7. The quantitative estimate of drug-likeness (QED) is 0.612. The largest absolute Gasteiger partial charge is 0.438 e. The second-order valence-corrected chi connectivity index (χ2v) is 8.49. The molecule has 3 aromatic rings. The zero-order valence-corrected chi connectivity index (χ0v) is 18.4. The molecule has 0 aliphatic carbocycles. The van der Waals surface area contributed by atoms with Gasteiger partial charge in [-0.15, -0.1) is 0 Å². The first-order valence-corrected chi connectivity index (χ1v) is 10.9. The molecule has 1 N–H and O–H groups in total. The number of hydrogen-bond donors (Lipinski definition) is 1. The molecule has 0 spiro atoms. The summed E-state index contributed by atoms with van der Waals surface area (Å²) < 4.78 is 32.0. The lowest BCUT2D eigenvalue weighted by Gasteiger charge is -2.33. The van der Waals surface area contributed by atoms with Crippen molar-refractivity contribution in [3.63, 3.8) is 0 Å². The minimum absolute atomic E-state index is 0.0413. The highest BCUT2D eigenvalue weighted by Gasteiger charge is 2.35. The summed E-state index contributed by atoms with van der Waals surface area (Å²) in [6.07, 6.45) is 5.24. The van der Waals surface area contributed by atoms with Crippen LogP contribution < -0.4 is 10.2 Å². The van der Waals surface area contributed by atoms with Gasteiger partial charge in [-0.3, -0.25) is 9.59 Å². The van der Waals surface area contributed by atoms with Gasteiger partial charge in [-0.05, 0) is 30.2 Å². The van der Waals surface area contributed by atoms with Crippen molar-refractivity contribution in [2.24, 2.45) is 0 Å². The van der Waals surface area contributed by atoms with E-state index in [0.717, 1.165) is 17.5 Å². The molecule has 0 aromatic carbocycles. The average molecular weight is 468 g/mol. The Balaban J connectivity index is 1.29. The number of rotatable bonds is 5. The van der Waals surface area contributed by atoms with Crippen LogP contribution in [0.2, 0.25) is 0 Å². The number of nitrogens with one attached hydrogen (secondary N) is 1. The molecule has 34 heavy (non-hydrogen) atoms. The fourth-order valence-corrected chi connectivity index (χ4v) is 4.33. The minimum Gasteiger partial charge on any atom is -0.438 e. The summed E-state index contributed by atoms with van der Waals surface area (Å²) in [7, 11) is 0. The molecule has 0 bridgehead atoms. The normalized spacial score (nSPS) is 17.1. The van der Waals surface area contributed by atoms with Gasteiger partial charge in [0, 0.05) is 56.0 Å². The molecule has 0 unspecified atom stereocenters. The summed E-state index contributed by atoms with van der Waals surface area (Å²) in [5.41, 5.74) is 2.79. The second-order valence-electron chi connectivity index (χ2n) is 8.49. The van der Waals surface area contributed by atoms with Crippen molar-refractivity contribution in [1.29, 1.82) is 0 Å². The van der Waals surface area contributed by atoms with Crippen molar-refractivity contribution in [2.45, 2.75) is 38.8 Å². The molecule has 1 fully saturated rings. The van der Waals surface area contributed by atoms with E-state index < -0.39 is 11.8 Å². The Morgan fingerprint density at radius 3 is 2.74 bits per heavy atom. The van der Waals surface area contributed by atoms with Gasteiger partial charge in [-0.2, -0.15) is 0 Å². The maximum Gasteiger partial charge on any atom is 0.294 e. The fraction of sp³-hybridized carbons (Fsp3) is 0.348. The number of oxazole rings is 1. The van der Waals surface area contributed by atoms with Crippen molar-refractivity contribution in [3.8, 4) is 0 Å². The van der Waals surface area contributed by atoms with Gasteiger partial charge in [-0.1, -0.05) is 0 Å². The summed E-state index contributed by atoms with van der Waals surface area (Å²) in [6, 6.07) is 3.55. The lowest BCUT2D eigenvalue weighted by atomic mass is 10.1. The van der Waals surface area contributed by atoms with Crippen LogP contribution in [0.25, 0.3) is 0 Å². The Morgan fingerprint density at radius 1 is 1.24 bits per heavy atom. The van der Waals surface area contributed by atoms with Crippen LogP contribution in [0.3, 0.4) is 0 Å². The third-order valence-electron chi connectivity index (χ3n) is 6.09. The number of halogens is 2. The van der Waals surface area contributed by atoms with E-state index in [1.807, 2.05) is 17.9 Å². The van der Waals surface area contributed by atoms with Crippen molar-refractivity contribution in [3.05, 3.63) is 65.1 Å². The third kappa shape index (κ3) is 4.20. The molecule has 3 aromatic heterocycles. The monoisotopic (exact) mass is 468 g/mol. The summed E-state index contributed by atoms with van der Waals surface area (Å²) >= 11 is 0. The first-order valence-electron chi connectivity index (χ1n) is 10.9. The maximum absolute atomic E-state index is 13.5. The molecule has 9 nitrogen and oxygen atoms in total. The van der Waals surface area contributed by atoms with Gasteiger partial charge in [0.15, 0.2) is 6.39 Å². The van der Waals surface area contributed by atoms with Crippen LogP contribution in [-0.2, 0) is 13.1 Å². The van der Waals surface area contributed by atoms with Crippen LogP contribution in [0.4, 0.5) is 20.4 Å². The van der Waals surface area contributed by atoms with Crippen molar-refractivity contribution in [2.75, 3.05) is 23.3 Å². The number of fused-ring (bicyclic) bond motifs is 1. The fourth-order valence-electron chi connectivity index (χ4n) is 4.33. The minimum atomic E-state index is -2.61. The molecule has 2 aliphatic heterocycles. The lowest BCUT2D eigenvalue weighted by Crippen LogP contribution is -2.40. The molecule has 2 amide bonds. The summed E-state index contributed by atoms with van der Waals surface area (Å²) in [6.45, 7) is 3.00. The van der Waals surface area contributed by atoms with Gasteiger partial charge >= 0.3 is 0 Å². The van der Waals surface area contributed by atoms with Crippen molar-refractivity contribution >= 4 is 23.5 Å². The van der Waals surface area contributed by atoms with E-state index in [1.165, 1.54) is 12.4 Å². The van der Waals surface area contributed by atoms with Gasteiger partial charge in [0.1, 0.15) is 11.6 Å². The summed E-state index contributed by atoms with van der Waals surface area (Å²) in [5.74, 6) is -2.27. The second kappa shape index (κ2) is 8.47. The molecule has 0 atom stereocenters. The van der Waals surface area contributed by atoms with E-state index in [1.54, 1.807) is 17.2 Å². The zero-order valence-electron chi connectivity index (χ0n) is 18.4. The summed E-state index contributed by atoms with van der Waals surface area (Å²) in [4.78, 5) is 41.3. The van der Waals surface area contributed by atoms with E-state index in [4.69, 9.17) is 4.42 Å². The van der Waals surface area contributed by atoms with Gasteiger partial charge in [0.2, 0.25) is 5.76 Å². The molecule has 176 valence electrons. The highest BCUT2D eigenvalue weighted by molar-refractivity contribution is 6.04. The molecule has 1 saturated heterocycles. The molecular formula is C23H22F2N6O3. The Bertz CT molecular complexity index is 1240. The van der Waals surface area contributed by atoms with Gasteiger partial charge in [-0.25, -0.2) is 23.7 Å². The molecule has 0 radical (unpaired) electrons. The topological polar surface area (TPSA) is 104 Å². The Kier molecular flexibility index (Phi) is 5.46. The lowest BCUT2D eigenvalue weighted by molar-refractivity contribution is -0.0221. The zero-order chi connectivity index (χ0) is 23.9. The van der Waals surface area contributed by atoms with Crippen LogP contribution >= 0.6 is 0 Å². The smallest absolute Gasteiger partial charge is 0.294 e. The predicted molar refractivity (Wildman–Crippen MR) is 118 cm³/mol. The SMILES string of the molecule is Cc1cc(CN2Cc3c(ccnc3NC(=O)c3cnco3)C2=O)cnc1N1CCC(F)(F)CC1. The standard InChI is InChI=1S/C23H22F2N6O3/c1-14-8-15(9-28-20(14)30-6-3-23(24,25)4-7-30)11-31-12-17-16(22(31)33)2-5-27-19(17)29-21(32)18-10-26-13-34-18/h2,5,8-10,13H,3-4,6-7,11-12H2,1H3,(H,27,29,32). The number of aryl methyl sites for hydroxylation is 1. The highest BCUT2D eigenvalue weighted by Crippen LogP contribution is 2.32. The number of carbonyl (C=O) groups excluding carboxylic acids is 2. The van der Waals surface area contributed by atoms with E-state index >= 15 is 0 Å². The predicted octanol–water partition coefficient (Wildman–Crippen LogP) is 3.42. The number of pyridine rings is 2. The molecule has 0 saturated carbocycles. The summed E-state index contributed by atoms with van der Waals surface area (Å²) in [5, 5.41) is 2.67. The third-order valence-corrected chi connectivity index (χ3v) is 6.09. The van der Waals surface area contributed by atoms with Crippen LogP contribution in [0.15, 0.2) is 41.5 Å². The molecular weight excluding hydrogens is 446 g/mol. The number of carbonyl (C=O) groups is 2. The van der Waals surface area contributed by atoms with Crippen molar-refractivity contribution in [1.82, 2.24) is 19.9 Å². The van der Waals surface area contributed by atoms with Crippen LogP contribution in [-0.4, -0.2) is 50.7 Å². The number of amides is 2. The van der Waals surface area contributed by atoms with Crippen molar-refractivity contribution < 1.29 is 22.8 Å². The van der Waals surface area contributed by atoms with Crippen LogP contribution in [0.1, 0.15) is 50.4 Å². The highest BCUT2D eigenvalue weighted by atomic mass is 19.3. The van der Waals surface area contributed by atoms with Crippen LogP contribution in [0, 0.1) is 6.92 Å². The molecule has 2 aliphatic rings. The average Bonchev–Trinajstić information content (AvgIpc) is 3.44. The Labute approximate surface area is 193 Å². The first-order chi connectivity index (χ1) is 16.3. The first kappa shape index (κ1) is 21.9. The van der Waals surface area contributed by atoms with Crippen LogP contribution in [0.5, 0.6) is 0 Å². The number of nitrogens with zero attached hydrogens (tertiary/aromatic N) is 5. The maximum atomic E-state index is 13.5. The number of piperidine rings is 1. The Morgan fingerprint density at radius 2 is 2.03 bits per heavy atom. The molecule has 5 rings (SSSR count). The van der Waals surface area contributed by atoms with E-state index in [-0.39, 0.29) is 44.1 Å². The molecule has 11 heteroatoms.